The number of hydrogen-bond acceptors (Lipinski definition) is 4. The lowest BCUT2D eigenvalue weighted by Crippen LogP contribution is -2.15. The molecule has 0 bridgehead atoms. The highest BCUT2D eigenvalue weighted by Crippen LogP contribution is 2.10. The third-order valence-corrected chi connectivity index (χ3v) is 3.46. The Balaban J connectivity index is 2.10. The van der Waals surface area contributed by atoms with Gasteiger partial charge in [-0.2, -0.15) is 11.8 Å². The maximum atomic E-state index is 4.21. The maximum absolute atomic E-state index is 4.21. The number of nitrogens with one attached hydrogen (secondary N) is 1. The fraction of sp³-hybridized carbons (Fsp3) is 0.667. The van der Waals surface area contributed by atoms with Crippen LogP contribution in [-0.2, 0) is 6.54 Å². The number of thioether (sulfide) groups is 1. The summed E-state index contributed by atoms with van der Waals surface area (Å²) in [5.41, 5.74) is 3.08. The van der Waals surface area contributed by atoms with Crippen LogP contribution in [0.5, 0.6) is 0 Å². The van der Waals surface area contributed by atoms with Crippen molar-refractivity contribution in [2.24, 2.45) is 0 Å². The summed E-state index contributed by atoms with van der Waals surface area (Å²) in [4.78, 5) is 5.57. The van der Waals surface area contributed by atoms with Gasteiger partial charge in [-0.25, -0.2) is 4.98 Å². The smallest absolute Gasteiger partial charge is 0.0798 e. The predicted molar refractivity (Wildman–Crippen MR) is 61.6 cm³/mol. The first kappa shape index (κ1) is 11.0. The molecule has 0 atom stereocenters. The van der Waals surface area contributed by atoms with Crippen LogP contribution in [0.15, 0.2) is 5.51 Å². The fourth-order valence-corrected chi connectivity index (χ4v) is 2.22. The standard InChI is InChI=1S/C9H16N2S2/c1-8-9(13-7-11-8)6-10-4-3-5-12-2/h7,10H,3-6H2,1-2H3. The molecule has 0 saturated carbocycles. The van der Waals surface area contributed by atoms with Gasteiger partial charge in [0, 0.05) is 11.4 Å². The summed E-state index contributed by atoms with van der Waals surface area (Å²) in [6.07, 6.45) is 3.40. The number of hydrogen-bond donors (Lipinski definition) is 1. The van der Waals surface area contributed by atoms with Crippen LogP contribution in [0, 0.1) is 6.92 Å². The van der Waals surface area contributed by atoms with Gasteiger partial charge in [-0.15, -0.1) is 11.3 Å². The molecule has 0 aliphatic rings. The molecule has 0 aliphatic carbocycles. The average molecular weight is 216 g/mol. The minimum absolute atomic E-state index is 0.977. The van der Waals surface area contributed by atoms with Gasteiger partial charge < -0.3 is 5.32 Å². The van der Waals surface area contributed by atoms with Crippen LogP contribution < -0.4 is 5.32 Å². The van der Waals surface area contributed by atoms with E-state index >= 15 is 0 Å². The van der Waals surface area contributed by atoms with Crippen molar-refractivity contribution in [3.05, 3.63) is 16.1 Å². The van der Waals surface area contributed by atoms with Crippen LogP contribution in [0.25, 0.3) is 0 Å². The first-order chi connectivity index (χ1) is 6.34. The van der Waals surface area contributed by atoms with Crippen molar-refractivity contribution in [3.8, 4) is 0 Å². The van der Waals surface area contributed by atoms with Gasteiger partial charge in [0.25, 0.3) is 0 Å². The average Bonchev–Trinajstić information content (AvgIpc) is 2.52. The van der Waals surface area contributed by atoms with Crippen molar-refractivity contribution in [1.82, 2.24) is 10.3 Å². The van der Waals surface area contributed by atoms with Gasteiger partial charge in [-0.05, 0) is 31.9 Å². The lowest BCUT2D eigenvalue weighted by atomic mass is 10.4. The van der Waals surface area contributed by atoms with Crippen LogP contribution in [-0.4, -0.2) is 23.5 Å². The molecule has 1 aromatic heterocycles. The molecule has 0 saturated heterocycles. The molecule has 0 amide bonds. The topological polar surface area (TPSA) is 24.9 Å². The molecule has 1 aromatic rings. The van der Waals surface area contributed by atoms with Crippen molar-refractivity contribution in [2.75, 3.05) is 18.6 Å². The van der Waals surface area contributed by atoms with Crippen molar-refractivity contribution in [1.29, 1.82) is 0 Å². The highest BCUT2D eigenvalue weighted by atomic mass is 32.2. The number of aryl methyl sites for hydroxylation is 1. The van der Waals surface area contributed by atoms with Crippen LogP contribution in [0.4, 0.5) is 0 Å². The van der Waals surface area contributed by atoms with Crippen molar-refractivity contribution < 1.29 is 0 Å². The largest absolute Gasteiger partial charge is 0.312 e. The Kier molecular flexibility index (Phi) is 5.43. The summed E-state index contributed by atoms with van der Waals surface area (Å²) >= 11 is 3.64. The molecule has 0 aromatic carbocycles. The van der Waals surface area contributed by atoms with E-state index in [1.165, 1.54) is 22.7 Å². The molecule has 1 heterocycles. The Bertz CT molecular complexity index is 235. The monoisotopic (exact) mass is 216 g/mol. The van der Waals surface area contributed by atoms with Crippen LogP contribution in [0.2, 0.25) is 0 Å². The third-order valence-electron chi connectivity index (χ3n) is 1.83. The van der Waals surface area contributed by atoms with Gasteiger partial charge >= 0.3 is 0 Å². The summed E-state index contributed by atoms with van der Waals surface area (Å²) in [6.45, 7) is 4.15. The van der Waals surface area contributed by atoms with E-state index in [1.807, 2.05) is 17.3 Å². The molecule has 74 valence electrons. The zero-order valence-electron chi connectivity index (χ0n) is 8.17. The summed E-state index contributed by atoms with van der Waals surface area (Å²) in [5.74, 6) is 1.24. The quantitative estimate of drug-likeness (QED) is 0.739. The molecule has 2 nitrogen and oxygen atoms in total. The van der Waals surface area contributed by atoms with Gasteiger partial charge in [-0.1, -0.05) is 0 Å². The molecule has 0 unspecified atom stereocenters. The van der Waals surface area contributed by atoms with Gasteiger partial charge in [0.1, 0.15) is 0 Å². The molecule has 0 spiro atoms. The molecule has 0 radical (unpaired) electrons. The molecular weight excluding hydrogens is 200 g/mol. The third kappa shape index (κ3) is 4.11. The van der Waals surface area contributed by atoms with E-state index in [4.69, 9.17) is 0 Å². The number of aromatic nitrogens is 1. The second kappa shape index (κ2) is 6.40. The lowest BCUT2D eigenvalue weighted by Gasteiger charge is -2.02. The van der Waals surface area contributed by atoms with Gasteiger partial charge in [0.15, 0.2) is 0 Å². The molecule has 1 N–H and O–H groups in total. The van der Waals surface area contributed by atoms with E-state index in [-0.39, 0.29) is 0 Å². The molecular formula is C9H16N2S2. The SMILES string of the molecule is CSCCCNCc1scnc1C. The molecule has 4 heteroatoms. The van der Waals surface area contributed by atoms with Crippen molar-refractivity contribution >= 4 is 23.1 Å². The maximum Gasteiger partial charge on any atom is 0.0798 e. The Morgan fingerprint density at radius 1 is 1.62 bits per heavy atom. The van der Waals surface area contributed by atoms with Gasteiger partial charge in [0.05, 0.1) is 11.2 Å². The predicted octanol–water partition coefficient (Wildman–Crippen LogP) is 2.29. The number of nitrogens with zero attached hydrogens (tertiary/aromatic N) is 1. The lowest BCUT2D eigenvalue weighted by molar-refractivity contribution is 0.682. The highest BCUT2D eigenvalue weighted by Gasteiger charge is 1.99. The van der Waals surface area contributed by atoms with Crippen LogP contribution in [0.1, 0.15) is 17.0 Å². The summed E-state index contributed by atoms with van der Waals surface area (Å²) in [7, 11) is 0. The Hall–Kier alpha value is -0.0600. The zero-order valence-corrected chi connectivity index (χ0v) is 9.80. The number of rotatable bonds is 6. The molecule has 13 heavy (non-hydrogen) atoms. The summed E-state index contributed by atoms with van der Waals surface area (Å²) in [6, 6.07) is 0. The van der Waals surface area contributed by atoms with E-state index < -0.39 is 0 Å². The van der Waals surface area contributed by atoms with E-state index in [1.54, 1.807) is 11.3 Å². The van der Waals surface area contributed by atoms with Crippen LogP contribution in [0.3, 0.4) is 0 Å². The Morgan fingerprint density at radius 2 is 2.46 bits per heavy atom. The first-order valence-corrected chi connectivity index (χ1v) is 6.70. The first-order valence-electron chi connectivity index (χ1n) is 4.43. The molecule has 0 aliphatic heterocycles. The summed E-state index contributed by atoms with van der Waals surface area (Å²) < 4.78 is 0. The van der Waals surface area contributed by atoms with Crippen molar-refractivity contribution in [3.63, 3.8) is 0 Å². The Labute approximate surface area is 88.2 Å². The van der Waals surface area contributed by atoms with E-state index in [0.29, 0.717) is 0 Å². The normalized spacial score (nSPS) is 10.6. The van der Waals surface area contributed by atoms with E-state index in [0.717, 1.165) is 13.1 Å². The van der Waals surface area contributed by atoms with Gasteiger partial charge in [0.2, 0.25) is 0 Å². The second-order valence-corrected chi connectivity index (χ2v) is 4.81. The highest BCUT2D eigenvalue weighted by molar-refractivity contribution is 7.98. The minimum Gasteiger partial charge on any atom is -0.312 e. The summed E-state index contributed by atoms with van der Waals surface area (Å²) in [5, 5.41) is 3.42. The Morgan fingerprint density at radius 3 is 3.08 bits per heavy atom. The van der Waals surface area contributed by atoms with Gasteiger partial charge in [-0.3, -0.25) is 0 Å². The minimum atomic E-state index is 0.977. The fourth-order valence-electron chi connectivity index (χ4n) is 1.04. The zero-order chi connectivity index (χ0) is 9.52. The molecule has 1 rings (SSSR count). The van der Waals surface area contributed by atoms with E-state index in [2.05, 4.69) is 23.5 Å². The second-order valence-electron chi connectivity index (χ2n) is 2.88. The van der Waals surface area contributed by atoms with E-state index in [9.17, 15) is 0 Å². The van der Waals surface area contributed by atoms with Crippen molar-refractivity contribution in [2.45, 2.75) is 19.9 Å². The number of thiazole rings is 1. The van der Waals surface area contributed by atoms with Crippen LogP contribution >= 0.6 is 23.1 Å². The molecule has 0 fully saturated rings.